The van der Waals surface area contributed by atoms with Gasteiger partial charge in [-0.3, -0.25) is 9.59 Å². The number of hydrogen-bond acceptors (Lipinski definition) is 5. The summed E-state index contributed by atoms with van der Waals surface area (Å²) in [6.45, 7) is 1.49. The van der Waals surface area contributed by atoms with Gasteiger partial charge >= 0.3 is 0 Å². The molecule has 0 spiro atoms. The largest absolute Gasteiger partial charge is 0.459 e. The molecule has 0 radical (unpaired) electrons. The Morgan fingerprint density at radius 3 is 2.78 bits per heavy atom. The molecular weight excluding hydrogens is 448 g/mol. The highest BCUT2D eigenvalue weighted by atomic mass is 35.5. The van der Waals surface area contributed by atoms with E-state index < -0.39 is 0 Å². The molecule has 0 aliphatic carbocycles. The molecule has 0 fully saturated rings. The molecule has 2 aromatic heterocycles. The highest BCUT2D eigenvalue weighted by Crippen LogP contribution is 2.38. The van der Waals surface area contributed by atoms with Crippen LogP contribution in [0.5, 0.6) is 0 Å². The van der Waals surface area contributed by atoms with E-state index in [0.717, 1.165) is 17.5 Å². The Bertz CT molecular complexity index is 1050. The van der Waals surface area contributed by atoms with E-state index in [2.05, 4.69) is 11.4 Å². The van der Waals surface area contributed by atoms with E-state index in [1.807, 2.05) is 29.2 Å². The predicted molar refractivity (Wildman–Crippen MR) is 124 cm³/mol. The molecule has 2 amide bonds. The van der Waals surface area contributed by atoms with Crippen molar-refractivity contribution in [2.24, 2.45) is 0 Å². The molecule has 1 aromatic carbocycles. The monoisotopic (exact) mass is 472 g/mol. The van der Waals surface area contributed by atoms with Gasteiger partial charge in [0.1, 0.15) is 6.54 Å². The lowest BCUT2D eigenvalue weighted by Crippen LogP contribution is -2.47. The van der Waals surface area contributed by atoms with E-state index in [4.69, 9.17) is 20.8 Å². The predicted octanol–water partition coefficient (Wildman–Crippen LogP) is 4.65. The maximum absolute atomic E-state index is 13.5. The zero-order valence-electron chi connectivity index (χ0n) is 17.8. The lowest BCUT2D eigenvalue weighted by molar-refractivity contribution is -0.134. The Morgan fingerprint density at radius 1 is 1.25 bits per heavy atom. The second-order valence-electron chi connectivity index (χ2n) is 7.64. The first-order valence-electron chi connectivity index (χ1n) is 10.5. The van der Waals surface area contributed by atoms with Crippen LogP contribution in [0, 0.1) is 0 Å². The average molecular weight is 473 g/mol. The Kier molecular flexibility index (Phi) is 7.29. The number of hydrogen-bond donors (Lipinski definition) is 0. The minimum atomic E-state index is -0.296. The minimum Gasteiger partial charge on any atom is -0.459 e. The highest BCUT2D eigenvalue weighted by Gasteiger charge is 2.34. The van der Waals surface area contributed by atoms with E-state index in [9.17, 15) is 9.59 Å². The molecule has 1 atom stereocenters. The SMILES string of the molecule is COCCCN(CC(=O)N1CCc2sccc2C1c1ccc(Cl)cc1)C(=O)c1ccco1. The summed E-state index contributed by atoms with van der Waals surface area (Å²) in [5.74, 6) is -0.168. The van der Waals surface area contributed by atoms with Crippen molar-refractivity contribution < 1.29 is 18.7 Å². The number of furan rings is 1. The first-order valence-corrected chi connectivity index (χ1v) is 11.8. The van der Waals surface area contributed by atoms with Crippen molar-refractivity contribution >= 4 is 34.8 Å². The van der Waals surface area contributed by atoms with Gasteiger partial charge in [0.2, 0.25) is 5.91 Å². The molecule has 3 heterocycles. The molecule has 0 saturated heterocycles. The summed E-state index contributed by atoms with van der Waals surface area (Å²) in [5.41, 5.74) is 2.14. The standard InChI is InChI=1S/C24H25ClN2O4S/c1-30-13-3-11-26(24(29)20-4-2-14-31-20)16-22(28)27-12-9-21-19(10-15-32-21)23(27)17-5-7-18(25)8-6-17/h2,4-8,10,14-15,23H,3,9,11-13,16H2,1H3. The number of amides is 2. The normalized spacial score (nSPS) is 15.4. The molecule has 0 bridgehead atoms. The molecular formula is C24H25ClN2O4S. The Balaban J connectivity index is 1.58. The molecule has 1 aliphatic rings. The van der Waals surface area contributed by atoms with Gasteiger partial charge in [-0.15, -0.1) is 11.3 Å². The quantitative estimate of drug-likeness (QED) is 0.448. The number of methoxy groups -OCH3 is 1. The van der Waals surface area contributed by atoms with Crippen LogP contribution in [0.1, 0.15) is 39.0 Å². The smallest absolute Gasteiger partial charge is 0.290 e. The number of fused-ring (bicyclic) bond motifs is 1. The molecule has 8 heteroatoms. The number of thiophene rings is 1. The zero-order chi connectivity index (χ0) is 22.5. The van der Waals surface area contributed by atoms with E-state index in [-0.39, 0.29) is 30.2 Å². The summed E-state index contributed by atoms with van der Waals surface area (Å²) in [6.07, 6.45) is 2.89. The number of nitrogens with zero attached hydrogens (tertiary/aromatic N) is 2. The van der Waals surface area contributed by atoms with Crippen molar-refractivity contribution in [1.29, 1.82) is 0 Å². The van der Waals surface area contributed by atoms with Crippen LogP contribution in [0.3, 0.4) is 0 Å². The van der Waals surface area contributed by atoms with E-state index in [0.29, 0.717) is 31.1 Å². The van der Waals surface area contributed by atoms with Gasteiger partial charge in [-0.05, 0) is 59.7 Å². The second-order valence-corrected chi connectivity index (χ2v) is 9.08. The van der Waals surface area contributed by atoms with Crippen molar-refractivity contribution in [3.05, 3.63) is 80.9 Å². The van der Waals surface area contributed by atoms with E-state index in [1.54, 1.807) is 35.5 Å². The summed E-state index contributed by atoms with van der Waals surface area (Å²) >= 11 is 7.82. The van der Waals surface area contributed by atoms with Gasteiger partial charge in [0.25, 0.3) is 5.91 Å². The van der Waals surface area contributed by atoms with Crippen LogP contribution in [-0.4, -0.2) is 55.0 Å². The molecule has 168 valence electrons. The van der Waals surface area contributed by atoms with E-state index in [1.165, 1.54) is 11.1 Å². The molecule has 0 saturated carbocycles. The van der Waals surface area contributed by atoms with Gasteiger partial charge in [-0.1, -0.05) is 23.7 Å². The Labute approximate surface area is 196 Å². The number of carbonyl (C=O) groups excluding carboxylic acids is 2. The van der Waals surface area contributed by atoms with Gasteiger partial charge in [-0.25, -0.2) is 0 Å². The number of ether oxygens (including phenoxy) is 1. The molecule has 3 aromatic rings. The fourth-order valence-electron chi connectivity index (χ4n) is 4.05. The lowest BCUT2D eigenvalue weighted by Gasteiger charge is -2.37. The van der Waals surface area contributed by atoms with Crippen LogP contribution in [0.2, 0.25) is 5.02 Å². The number of benzene rings is 1. The zero-order valence-corrected chi connectivity index (χ0v) is 19.4. The number of rotatable bonds is 8. The summed E-state index contributed by atoms with van der Waals surface area (Å²) in [4.78, 5) is 31.2. The molecule has 4 rings (SSSR count). The minimum absolute atomic E-state index is 0.0210. The third-order valence-electron chi connectivity index (χ3n) is 5.59. The highest BCUT2D eigenvalue weighted by molar-refractivity contribution is 7.10. The van der Waals surface area contributed by atoms with Crippen LogP contribution in [-0.2, 0) is 16.0 Å². The maximum Gasteiger partial charge on any atom is 0.290 e. The van der Waals surface area contributed by atoms with Gasteiger partial charge in [0.15, 0.2) is 5.76 Å². The summed E-state index contributed by atoms with van der Waals surface area (Å²) in [5, 5.41) is 2.72. The van der Waals surface area contributed by atoms with Crippen LogP contribution in [0.15, 0.2) is 58.5 Å². The van der Waals surface area contributed by atoms with Crippen LogP contribution >= 0.6 is 22.9 Å². The van der Waals surface area contributed by atoms with Crippen molar-refractivity contribution in [3.63, 3.8) is 0 Å². The third kappa shape index (κ3) is 4.90. The van der Waals surface area contributed by atoms with Gasteiger partial charge in [-0.2, -0.15) is 0 Å². The topological polar surface area (TPSA) is 63.0 Å². The summed E-state index contributed by atoms with van der Waals surface area (Å²) in [7, 11) is 1.62. The third-order valence-corrected chi connectivity index (χ3v) is 6.84. The molecule has 1 aliphatic heterocycles. The maximum atomic E-state index is 13.5. The fourth-order valence-corrected chi connectivity index (χ4v) is 5.08. The first kappa shape index (κ1) is 22.6. The molecule has 1 unspecified atom stereocenters. The van der Waals surface area contributed by atoms with Crippen molar-refractivity contribution in [2.45, 2.75) is 18.9 Å². The van der Waals surface area contributed by atoms with Crippen molar-refractivity contribution in [3.8, 4) is 0 Å². The van der Waals surface area contributed by atoms with Gasteiger partial charge in [0.05, 0.1) is 12.3 Å². The lowest BCUT2D eigenvalue weighted by atomic mass is 9.93. The van der Waals surface area contributed by atoms with Crippen molar-refractivity contribution in [1.82, 2.24) is 9.80 Å². The fraction of sp³-hybridized carbons (Fsp3) is 0.333. The molecule has 32 heavy (non-hydrogen) atoms. The molecule has 0 N–H and O–H groups in total. The van der Waals surface area contributed by atoms with Crippen molar-refractivity contribution in [2.75, 3.05) is 33.4 Å². The number of halogens is 1. The van der Waals surface area contributed by atoms with Gasteiger partial charge < -0.3 is 19.0 Å². The molecule has 6 nitrogen and oxygen atoms in total. The first-order chi connectivity index (χ1) is 15.6. The summed E-state index contributed by atoms with van der Waals surface area (Å²) in [6, 6.07) is 12.8. The van der Waals surface area contributed by atoms with Crippen LogP contribution in [0.25, 0.3) is 0 Å². The Hall–Kier alpha value is -2.61. The van der Waals surface area contributed by atoms with Crippen LogP contribution < -0.4 is 0 Å². The Morgan fingerprint density at radius 2 is 2.06 bits per heavy atom. The number of carbonyl (C=O) groups is 2. The summed E-state index contributed by atoms with van der Waals surface area (Å²) < 4.78 is 10.4. The van der Waals surface area contributed by atoms with E-state index >= 15 is 0 Å². The second kappa shape index (κ2) is 10.3. The van der Waals surface area contributed by atoms with Gasteiger partial charge in [0, 0.05) is 36.7 Å². The van der Waals surface area contributed by atoms with Crippen LogP contribution in [0.4, 0.5) is 0 Å². The average Bonchev–Trinajstić information content (AvgIpc) is 3.50.